The molecule has 0 saturated heterocycles. The number of fused-ring (bicyclic) bond motifs is 1. The number of alkyl halides is 4. The highest BCUT2D eigenvalue weighted by Crippen LogP contribution is 2.31. The lowest BCUT2D eigenvalue weighted by Crippen LogP contribution is -2.21. The van der Waals surface area contributed by atoms with E-state index < -0.39 is 23.5 Å². The Morgan fingerprint density at radius 3 is 2.65 bits per heavy atom. The Kier molecular flexibility index (Phi) is 7.22. The van der Waals surface area contributed by atoms with E-state index in [0.29, 0.717) is 18.0 Å². The van der Waals surface area contributed by atoms with E-state index in [1.807, 2.05) is 18.2 Å². The van der Waals surface area contributed by atoms with E-state index in [2.05, 4.69) is 15.5 Å². The number of aromatic nitrogens is 1. The van der Waals surface area contributed by atoms with Crippen molar-refractivity contribution in [1.82, 2.24) is 10.4 Å². The number of hydrogen-bond acceptors (Lipinski definition) is 3. The topological polar surface area (TPSA) is 54.4 Å². The van der Waals surface area contributed by atoms with Crippen molar-refractivity contribution in [1.29, 1.82) is 0 Å². The summed E-state index contributed by atoms with van der Waals surface area (Å²) in [6, 6.07) is 11.1. The summed E-state index contributed by atoms with van der Waals surface area (Å²) in [6.07, 6.45) is -2.57. The second kappa shape index (κ2) is 9.87. The fraction of sp³-hybridized carbons (Fsp3) is 0.227. The first-order valence-corrected chi connectivity index (χ1v) is 9.93. The highest BCUT2D eigenvalue weighted by atomic mass is 35.5. The van der Waals surface area contributed by atoms with Gasteiger partial charge >= 0.3 is 6.18 Å². The van der Waals surface area contributed by atoms with Crippen molar-refractivity contribution in [3.8, 4) is 0 Å². The molecule has 4 nitrogen and oxygen atoms in total. The number of halogens is 5. The Morgan fingerprint density at radius 2 is 1.90 bits per heavy atom. The predicted molar refractivity (Wildman–Crippen MR) is 111 cm³/mol. The third kappa shape index (κ3) is 6.01. The van der Waals surface area contributed by atoms with Crippen LogP contribution in [0, 0.1) is 5.82 Å². The SMILES string of the molecule is O=C(CCCCl)NN=C(Cc1ccnc2ccccc12)c1cc(F)cc(C(F)(F)F)c1. The number of carbonyl (C=O) groups excluding carboxylic acids is 1. The standard InChI is InChI=1S/C22H18ClF4N3O/c23-8-3-6-21(31)30-29-20(15-10-16(22(25,26)27)13-17(24)11-15)12-14-7-9-28-19-5-2-1-4-18(14)19/h1-2,4-5,7,9-11,13H,3,6,8,12H2,(H,30,31). The zero-order chi connectivity index (χ0) is 22.4. The monoisotopic (exact) mass is 451 g/mol. The maximum Gasteiger partial charge on any atom is 0.416 e. The van der Waals surface area contributed by atoms with Crippen molar-refractivity contribution < 1.29 is 22.4 Å². The molecular formula is C22H18ClF4N3O. The Bertz CT molecular complexity index is 1110. The summed E-state index contributed by atoms with van der Waals surface area (Å²) in [5, 5.41) is 4.81. The van der Waals surface area contributed by atoms with Crippen LogP contribution in [0.3, 0.4) is 0 Å². The second-order valence-corrected chi connectivity index (χ2v) is 7.15. The summed E-state index contributed by atoms with van der Waals surface area (Å²) in [7, 11) is 0. The largest absolute Gasteiger partial charge is 0.416 e. The van der Waals surface area contributed by atoms with Gasteiger partial charge in [0, 0.05) is 35.9 Å². The molecule has 0 aliphatic carbocycles. The van der Waals surface area contributed by atoms with E-state index >= 15 is 0 Å². The molecule has 0 saturated carbocycles. The quantitative estimate of drug-likeness (QED) is 0.224. The number of carbonyl (C=O) groups is 1. The lowest BCUT2D eigenvalue weighted by Gasteiger charge is -2.13. The molecular weight excluding hydrogens is 434 g/mol. The number of para-hydroxylation sites is 1. The van der Waals surface area contributed by atoms with Crippen molar-refractivity contribution in [2.45, 2.75) is 25.4 Å². The predicted octanol–water partition coefficient (Wildman–Crippen LogP) is 5.47. The lowest BCUT2D eigenvalue weighted by atomic mass is 9.98. The number of nitrogens with zero attached hydrogens (tertiary/aromatic N) is 2. The molecule has 3 rings (SSSR count). The van der Waals surface area contributed by atoms with Gasteiger partial charge in [-0.15, -0.1) is 11.6 Å². The van der Waals surface area contributed by atoms with Crippen LogP contribution >= 0.6 is 11.6 Å². The molecule has 2 aromatic carbocycles. The zero-order valence-corrected chi connectivity index (χ0v) is 17.0. The van der Waals surface area contributed by atoms with Gasteiger partial charge in [-0.25, -0.2) is 9.82 Å². The normalized spacial score (nSPS) is 12.2. The van der Waals surface area contributed by atoms with Gasteiger partial charge < -0.3 is 0 Å². The highest BCUT2D eigenvalue weighted by molar-refractivity contribution is 6.17. The van der Waals surface area contributed by atoms with Crippen LogP contribution in [0.4, 0.5) is 17.6 Å². The first-order chi connectivity index (χ1) is 14.8. The molecule has 0 aliphatic rings. The van der Waals surface area contributed by atoms with Crippen molar-refractivity contribution >= 4 is 34.1 Å². The van der Waals surface area contributed by atoms with E-state index in [1.165, 1.54) is 0 Å². The molecule has 9 heteroatoms. The summed E-state index contributed by atoms with van der Waals surface area (Å²) >= 11 is 5.57. The second-order valence-electron chi connectivity index (χ2n) is 6.78. The highest BCUT2D eigenvalue weighted by Gasteiger charge is 2.31. The Morgan fingerprint density at radius 1 is 1.13 bits per heavy atom. The molecule has 1 N–H and O–H groups in total. The number of benzene rings is 2. The first-order valence-electron chi connectivity index (χ1n) is 9.40. The first kappa shape index (κ1) is 22.7. The van der Waals surface area contributed by atoms with Crippen LogP contribution in [0.1, 0.15) is 29.5 Å². The van der Waals surface area contributed by atoms with Gasteiger partial charge in [0.1, 0.15) is 5.82 Å². The van der Waals surface area contributed by atoms with E-state index in [1.54, 1.807) is 18.3 Å². The molecule has 0 aliphatic heterocycles. The number of nitrogens with one attached hydrogen (secondary N) is 1. The van der Waals surface area contributed by atoms with Crippen LogP contribution in [0.15, 0.2) is 59.8 Å². The lowest BCUT2D eigenvalue weighted by molar-refractivity contribution is -0.137. The molecule has 0 atom stereocenters. The summed E-state index contributed by atoms with van der Waals surface area (Å²) in [5.41, 5.74) is 2.62. The molecule has 162 valence electrons. The van der Waals surface area contributed by atoms with E-state index in [9.17, 15) is 22.4 Å². The van der Waals surface area contributed by atoms with E-state index in [0.717, 1.165) is 23.1 Å². The summed E-state index contributed by atoms with van der Waals surface area (Å²) < 4.78 is 53.6. The van der Waals surface area contributed by atoms with Crippen LogP contribution in [-0.2, 0) is 17.4 Å². The minimum atomic E-state index is -4.73. The van der Waals surface area contributed by atoms with Crippen LogP contribution in [0.25, 0.3) is 10.9 Å². The van der Waals surface area contributed by atoms with Crippen molar-refractivity contribution in [2.75, 3.05) is 5.88 Å². The number of hydrazone groups is 1. The molecule has 0 radical (unpaired) electrons. The Labute approximate surface area is 180 Å². The molecule has 1 aromatic heterocycles. The van der Waals surface area contributed by atoms with Crippen molar-refractivity contribution in [2.24, 2.45) is 5.10 Å². The summed E-state index contributed by atoms with van der Waals surface area (Å²) in [5.74, 6) is -1.21. The summed E-state index contributed by atoms with van der Waals surface area (Å²) in [6.45, 7) is 0. The molecule has 1 heterocycles. The third-order valence-electron chi connectivity index (χ3n) is 4.51. The number of hydrogen-bond donors (Lipinski definition) is 1. The van der Waals surface area contributed by atoms with Crippen LogP contribution < -0.4 is 5.43 Å². The number of pyridine rings is 1. The van der Waals surface area contributed by atoms with Crippen molar-refractivity contribution in [3.05, 3.63) is 77.2 Å². The summed E-state index contributed by atoms with van der Waals surface area (Å²) in [4.78, 5) is 16.2. The minimum Gasteiger partial charge on any atom is -0.273 e. The Balaban J connectivity index is 2.03. The fourth-order valence-corrected chi connectivity index (χ4v) is 3.16. The van der Waals surface area contributed by atoms with Gasteiger partial charge in [0.2, 0.25) is 5.91 Å². The number of rotatable bonds is 7. The van der Waals surface area contributed by atoms with Crippen LogP contribution in [0.2, 0.25) is 0 Å². The molecule has 0 unspecified atom stereocenters. The number of amides is 1. The molecule has 0 bridgehead atoms. The van der Waals surface area contributed by atoms with Gasteiger partial charge in [-0.3, -0.25) is 9.78 Å². The molecule has 0 spiro atoms. The smallest absolute Gasteiger partial charge is 0.273 e. The van der Waals surface area contributed by atoms with Gasteiger partial charge in [0.25, 0.3) is 0 Å². The molecule has 31 heavy (non-hydrogen) atoms. The minimum absolute atomic E-state index is 0.0551. The molecule has 1 amide bonds. The molecule has 3 aromatic rings. The van der Waals surface area contributed by atoms with Gasteiger partial charge in [-0.2, -0.15) is 18.3 Å². The van der Waals surface area contributed by atoms with Crippen LogP contribution in [-0.4, -0.2) is 22.5 Å². The van der Waals surface area contributed by atoms with Gasteiger partial charge in [0.15, 0.2) is 0 Å². The maximum atomic E-state index is 14.0. The molecule has 0 fully saturated rings. The third-order valence-corrected chi connectivity index (χ3v) is 4.78. The van der Waals surface area contributed by atoms with Crippen LogP contribution in [0.5, 0.6) is 0 Å². The van der Waals surface area contributed by atoms with Gasteiger partial charge in [-0.05, 0) is 42.3 Å². The maximum absolute atomic E-state index is 14.0. The van der Waals surface area contributed by atoms with E-state index in [4.69, 9.17) is 11.6 Å². The van der Waals surface area contributed by atoms with Gasteiger partial charge in [-0.1, -0.05) is 18.2 Å². The fourth-order valence-electron chi connectivity index (χ4n) is 3.03. The Hall–Kier alpha value is -3.00. The van der Waals surface area contributed by atoms with E-state index in [-0.39, 0.29) is 30.0 Å². The van der Waals surface area contributed by atoms with Gasteiger partial charge in [0.05, 0.1) is 16.8 Å². The average molecular weight is 452 g/mol. The zero-order valence-electron chi connectivity index (χ0n) is 16.2. The van der Waals surface area contributed by atoms with Crippen molar-refractivity contribution in [3.63, 3.8) is 0 Å². The average Bonchev–Trinajstić information content (AvgIpc) is 2.74.